The summed E-state index contributed by atoms with van der Waals surface area (Å²) in [4.78, 5) is 16.5. The maximum absolute atomic E-state index is 14.1. The number of nitro groups is 1. The summed E-state index contributed by atoms with van der Waals surface area (Å²) in [6, 6.07) is 20.5. The lowest BCUT2D eigenvalue weighted by Crippen LogP contribution is -2.66. The molecule has 236 valence electrons. The van der Waals surface area contributed by atoms with Crippen molar-refractivity contribution in [1.82, 2.24) is 15.2 Å². The predicted octanol–water partition coefficient (Wildman–Crippen LogP) is 6.85. The second-order valence-corrected chi connectivity index (χ2v) is 16.2. The molecule has 1 unspecified atom stereocenters. The van der Waals surface area contributed by atoms with Gasteiger partial charge in [0.2, 0.25) is 11.6 Å². The van der Waals surface area contributed by atoms with Crippen LogP contribution in [0.15, 0.2) is 83.3 Å². The van der Waals surface area contributed by atoms with E-state index in [1.807, 2.05) is 48.6 Å². The van der Waals surface area contributed by atoms with Crippen LogP contribution in [0.2, 0.25) is 5.04 Å². The second kappa shape index (κ2) is 12.6. The lowest BCUT2D eigenvalue weighted by Gasteiger charge is -2.44. The molecule has 45 heavy (non-hydrogen) atoms. The van der Waals surface area contributed by atoms with Gasteiger partial charge in [-0.3, -0.25) is 10.1 Å². The van der Waals surface area contributed by atoms with Crippen LogP contribution in [-0.4, -0.2) is 42.0 Å². The number of aromatic nitrogens is 3. The molecule has 0 aliphatic carbocycles. The van der Waals surface area contributed by atoms with Gasteiger partial charge in [0, 0.05) is 19.7 Å². The highest BCUT2D eigenvalue weighted by Gasteiger charge is 2.52. The van der Waals surface area contributed by atoms with Crippen molar-refractivity contribution in [2.24, 2.45) is 0 Å². The molecule has 2 aromatic carbocycles. The number of halogens is 3. The standard InChI is InChI=1S/C32H34F3N5O4Si/c1-31(2,3)45(22-15-9-7-10-16-22,23-17-11-8-12-18-23)44-26-19-13-5-6-14-20-39(4)28-24(32(33,34)35)21-25(40(41)42)27(36-28)30-38-37-29(26)43-30/h5-12,15-18,21,26H,13-14,19-20H2,1-4H3/b6-5-. The average Bonchev–Trinajstić information content (AvgIpc) is 3.49. The Hall–Kier alpha value is -4.36. The van der Waals surface area contributed by atoms with Gasteiger partial charge in [0.1, 0.15) is 17.5 Å². The Labute approximate surface area is 260 Å². The van der Waals surface area contributed by atoms with E-state index in [1.165, 1.54) is 11.9 Å². The van der Waals surface area contributed by atoms with Gasteiger partial charge < -0.3 is 13.7 Å². The van der Waals surface area contributed by atoms with Crippen molar-refractivity contribution in [2.75, 3.05) is 18.5 Å². The number of benzene rings is 2. The molecule has 5 rings (SSSR count). The van der Waals surface area contributed by atoms with Crippen LogP contribution >= 0.6 is 0 Å². The average molecular weight is 638 g/mol. The first-order valence-electron chi connectivity index (χ1n) is 14.6. The van der Waals surface area contributed by atoms with E-state index in [0.29, 0.717) is 25.3 Å². The SMILES string of the molecule is CN1CC/C=C\CCC(O[Si](c2ccccc2)(c2ccccc2)C(C)(C)C)c2nnc(o2)-c2nc1c(C(F)(F)F)cc2[N+](=O)[O-]. The van der Waals surface area contributed by atoms with Crippen molar-refractivity contribution in [3.05, 3.63) is 100 Å². The summed E-state index contributed by atoms with van der Waals surface area (Å²) >= 11 is 0. The van der Waals surface area contributed by atoms with Gasteiger partial charge in [0.25, 0.3) is 14.2 Å². The maximum atomic E-state index is 14.1. The summed E-state index contributed by atoms with van der Waals surface area (Å²) in [5, 5.41) is 22.0. The molecule has 13 heteroatoms. The molecular formula is C32H34F3N5O4Si. The van der Waals surface area contributed by atoms with E-state index in [4.69, 9.17) is 8.84 Å². The third kappa shape index (κ3) is 6.40. The molecule has 0 saturated heterocycles. The van der Waals surface area contributed by atoms with Crippen LogP contribution in [-0.2, 0) is 10.6 Å². The molecule has 3 heterocycles. The minimum atomic E-state index is -4.88. The Bertz CT molecular complexity index is 1630. The van der Waals surface area contributed by atoms with Gasteiger partial charge in [0.05, 0.1) is 4.92 Å². The summed E-state index contributed by atoms with van der Waals surface area (Å²) in [7, 11) is -1.65. The molecule has 0 saturated carbocycles. The fraction of sp³-hybridized carbons (Fsp3) is 0.344. The first-order chi connectivity index (χ1) is 21.3. The van der Waals surface area contributed by atoms with Crippen molar-refractivity contribution in [3.63, 3.8) is 0 Å². The molecule has 0 spiro atoms. The van der Waals surface area contributed by atoms with Crippen LogP contribution < -0.4 is 15.3 Å². The third-order valence-electron chi connectivity index (χ3n) is 7.89. The molecule has 0 fully saturated rings. The zero-order chi connectivity index (χ0) is 32.4. The molecule has 1 aliphatic heterocycles. The summed E-state index contributed by atoms with van der Waals surface area (Å²) < 4.78 is 55.5. The molecule has 4 bridgehead atoms. The lowest BCUT2D eigenvalue weighted by molar-refractivity contribution is -0.384. The van der Waals surface area contributed by atoms with E-state index in [1.54, 1.807) is 0 Å². The summed E-state index contributed by atoms with van der Waals surface area (Å²) in [6.45, 7) is 6.60. The van der Waals surface area contributed by atoms with Crippen LogP contribution in [0.25, 0.3) is 11.6 Å². The second-order valence-electron chi connectivity index (χ2n) is 12.0. The van der Waals surface area contributed by atoms with Gasteiger partial charge in [-0.15, -0.1) is 10.2 Å². The summed E-state index contributed by atoms with van der Waals surface area (Å²) in [6.07, 6.45) is -0.329. The van der Waals surface area contributed by atoms with E-state index in [9.17, 15) is 23.3 Å². The first-order valence-corrected chi connectivity index (χ1v) is 16.5. The number of rotatable bonds is 5. The molecule has 2 aromatic heterocycles. The smallest absolute Gasteiger partial charge is 0.416 e. The molecular weight excluding hydrogens is 603 g/mol. The Morgan fingerprint density at radius 2 is 1.58 bits per heavy atom. The van der Waals surface area contributed by atoms with Crippen LogP contribution in [0, 0.1) is 10.1 Å². The zero-order valence-corrected chi connectivity index (χ0v) is 26.4. The molecule has 1 aliphatic rings. The Morgan fingerprint density at radius 1 is 0.978 bits per heavy atom. The topological polar surface area (TPSA) is 107 Å². The molecule has 4 aromatic rings. The predicted molar refractivity (Wildman–Crippen MR) is 167 cm³/mol. The highest BCUT2D eigenvalue weighted by Crippen LogP contribution is 2.43. The van der Waals surface area contributed by atoms with E-state index in [2.05, 4.69) is 60.2 Å². The van der Waals surface area contributed by atoms with E-state index in [0.717, 1.165) is 10.4 Å². The highest BCUT2D eigenvalue weighted by molar-refractivity contribution is 6.99. The monoisotopic (exact) mass is 637 g/mol. The van der Waals surface area contributed by atoms with Gasteiger partial charge in [-0.05, 0) is 34.7 Å². The van der Waals surface area contributed by atoms with Gasteiger partial charge >= 0.3 is 11.9 Å². The number of nitrogens with zero attached hydrogens (tertiary/aromatic N) is 5. The number of hydrogen-bond acceptors (Lipinski definition) is 8. The normalized spacial score (nSPS) is 17.0. The van der Waals surface area contributed by atoms with E-state index >= 15 is 0 Å². The first kappa shape index (κ1) is 32.0. The minimum Gasteiger partial charge on any atom is -0.416 e. The van der Waals surface area contributed by atoms with Gasteiger partial charge in [0.15, 0.2) is 0 Å². The van der Waals surface area contributed by atoms with E-state index in [-0.39, 0.29) is 23.4 Å². The maximum Gasteiger partial charge on any atom is 0.420 e. The van der Waals surface area contributed by atoms with Crippen molar-refractivity contribution in [3.8, 4) is 11.6 Å². The van der Waals surface area contributed by atoms with Gasteiger partial charge in [-0.25, -0.2) is 4.98 Å². The Balaban J connectivity index is 1.70. The zero-order valence-electron chi connectivity index (χ0n) is 25.4. The van der Waals surface area contributed by atoms with Crippen LogP contribution in [0.4, 0.5) is 24.7 Å². The number of anilines is 1. The fourth-order valence-electron chi connectivity index (χ4n) is 5.74. The van der Waals surface area contributed by atoms with E-state index < -0.39 is 48.3 Å². The van der Waals surface area contributed by atoms with Crippen LogP contribution in [0.1, 0.15) is 57.6 Å². The van der Waals surface area contributed by atoms with Gasteiger partial charge in [-0.1, -0.05) is 93.6 Å². The number of fused-ring (bicyclic) bond motifs is 5. The number of allylic oxidation sites excluding steroid dienone is 1. The third-order valence-corrected chi connectivity index (χ3v) is 12.9. The highest BCUT2D eigenvalue weighted by atomic mass is 28.4. The van der Waals surface area contributed by atoms with Gasteiger partial charge in [-0.2, -0.15) is 13.2 Å². The quantitative estimate of drug-likeness (QED) is 0.101. The number of pyridine rings is 1. The fourth-order valence-corrected chi connectivity index (χ4v) is 10.4. The minimum absolute atomic E-state index is 0.0642. The Kier molecular flexibility index (Phi) is 8.94. The van der Waals surface area contributed by atoms with Crippen LogP contribution in [0.3, 0.4) is 0 Å². The molecule has 0 radical (unpaired) electrons. The molecule has 0 amide bonds. The molecule has 9 nitrogen and oxygen atoms in total. The van der Waals surface area contributed by atoms with Crippen molar-refractivity contribution in [1.29, 1.82) is 0 Å². The molecule has 0 N–H and O–H groups in total. The van der Waals surface area contributed by atoms with Crippen molar-refractivity contribution >= 4 is 30.2 Å². The Morgan fingerprint density at radius 3 is 2.13 bits per heavy atom. The van der Waals surface area contributed by atoms with Crippen molar-refractivity contribution in [2.45, 2.75) is 57.4 Å². The number of hydrogen-bond donors (Lipinski definition) is 0. The summed E-state index contributed by atoms with van der Waals surface area (Å²) in [5.74, 6) is -0.758. The van der Waals surface area contributed by atoms with Crippen LogP contribution in [0.5, 0.6) is 0 Å². The largest absolute Gasteiger partial charge is 0.420 e. The molecule has 1 atom stereocenters. The number of alkyl halides is 3. The summed E-state index contributed by atoms with van der Waals surface area (Å²) in [5.41, 5.74) is -2.54. The lowest BCUT2D eigenvalue weighted by atomic mass is 10.1. The van der Waals surface area contributed by atoms with Crippen molar-refractivity contribution < 1.29 is 26.9 Å².